The predicted octanol–water partition coefficient (Wildman–Crippen LogP) is 0.181. The van der Waals surface area contributed by atoms with E-state index in [4.69, 9.17) is 0 Å². The van der Waals surface area contributed by atoms with Crippen LogP contribution in [0.2, 0.25) is 0 Å². The van der Waals surface area contributed by atoms with E-state index in [1.54, 1.807) is 0 Å². The molecular weight excluding hydrogens is 266 g/mol. The lowest BCUT2D eigenvalue weighted by atomic mass is 10.4. The highest BCUT2D eigenvalue weighted by molar-refractivity contribution is 7.89. The highest BCUT2D eigenvalue weighted by Crippen LogP contribution is 2.22. The van der Waals surface area contributed by atoms with Gasteiger partial charge in [0, 0.05) is 26.2 Å². The minimum Gasteiger partial charge on any atom is -0.314 e. The van der Waals surface area contributed by atoms with Crippen molar-refractivity contribution >= 4 is 10.0 Å². The Morgan fingerprint density at radius 1 is 1.39 bits per heavy atom. The fraction of sp³-hybridized carbons (Fsp3) is 0.667. The van der Waals surface area contributed by atoms with Gasteiger partial charge in [0.2, 0.25) is 10.0 Å². The molecule has 1 aromatic heterocycles. The summed E-state index contributed by atoms with van der Waals surface area (Å²) in [4.78, 5) is -0.148. The molecule has 1 N–H and O–H groups in total. The van der Waals surface area contributed by atoms with Gasteiger partial charge >= 0.3 is 6.55 Å². The fourth-order valence-corrected chi connectivity index (χ4v) is 3.47. The smallest absolute Gasteiger partial charge is 0.314 e. The number of hydrogen-bond acceptors (Lipinski definition) is 4. The molecule has 0 unspecified atom stereocenters. The third-order valence-electron chi connectivity index (χ3n) is 2.88. The van der Waals surface area contributed by atoms with Crippen LogP contribution in [0.4, 0.5) is 8.78 Å². The van der Waals surface area contributed by atoms with Crippen molar-refractivity contribution in [2.24, 2.45) is 0 Å². The van der Waals surface area contributed by atoms with Crippen molar-refractivity contribution in [3.05, 3.63) is 11.9 Å². The van der Waals surface area contributed by atoms with Crippen LogP contribution in [0.25, 0.3) is 0 Å². The van der Waals surface area contributed by atoms with Crippen LogP contribution in [-0.4, -0.2) is 48.7 Å². The Bertz CT molecular complexity index is 523. The van der Waals surface area contributed by atoms with Gasteiger partial charge in [-0.2, -0.15) is 18.2 Å². The maximum absolute atomic E-state index is 12.6. The van der Waals surface area contributed by atoms with Crippen LogP contribution >= 0.6 is 0 Å². The molecule has 9 heteroatoms. The fourth-order valence-electron chi connectivity index (χ4n) is 1.88. The number of alkyl halides is 2. The summed E-state index contributed by atoms with van der Waals surface area (Å²) in [6.45, 7) is 0.275. The van der Waals surface area contributed by atoms with Gasteiger partial charge in [-0.1, -0.05) is 0 Å². The Labute approximate surface area is 104 Å². The van der Waals surface area contributed by atoms with Gasteiger partial charge in [0.1, 0.15) is 4.90 Å². The molecule has 102 valence electrons. The standard InChI is InChI=1S/C9H14F2N4O2S/c1-7-8(6-13-15(7)9(10)11)18(16,17)14-4-2-12-3-5-14/h6,9,12H,2-5H2,1H3. The average Bonchev–Trinajstić information content (AvgIpc) is 2.73. The molecule has 0 saturated carbocycles. The molecule has 2 rings (SSSR count). The highest BCUT2D eigenvalue weighted by Gasteiger charge is 2.30. The van der Waals surface area contributed by atoms with Crippen molar-refractivity contribution in [3.63, 3.8) is 0 Å². The number of aromatic nitrogens is 2. The summed E-state index contributed by atoms with van der Waals surface area (Å²) in [6, 6.07) is 0. The SMILES string of the molecule is Cc1c(S(=O)(=O)N2CCNCC2)cnn1C(F)F. The molecular formula is C9H14F2N4O2S. The van der Waals surface area contributed by atoms with E-state index in [1.807, 2.05) is 0 Å². The summed E-state index contributed by atoms with van der Waals surface area (Å²) >= 11 is 0. The summed E-state index contributed by atoms with van der Waals surface area (Å²) in [5.41, 5.74) is -0.0384. The zero-order chi connectivity index (χ0) is 13.3. The number of sulfonamides is 1. The van der Waals surface area contributed by atoms with E-state index in [2.05, 4.69) is 10.4 Å². The largest absolute Gasteiger partial charge is 0.333 e. The first-order valence-electron chi connectivity index (χ1n) is 5.47. The van der Waals surface area contributed by atoms with Crippen LogP contribution in [0.5, 0.6) is 0 Å². The van der Waals surface area contributed by atoms with E-state index in [0.29, 0.717) is 30.9 Å². The summed E-state index contributed by atoms with van der Waals surface area (Å²) in [6.07, 6.45) is 0.985. The lowest BCUT2D eigenvalue weighted by Crippen LogP contribution is -2.46. The monoisotopic (exact) mass is 280 g/mol. The molecule has 1 aliphatic heterocycles. The van der Waals surface area contributed by atoms with Gasteiger partial charge in [-0.15, -0.1) is 0 Å². The van der Waals surface area contributed by atoms with Gasteiger partial charge in [-0.25, -0.2) is 13.1 Å². The summed E-state index contributed by atoms with van der Waals surface area (Å²) in [7, 11) is -3.73. The maximum Gasteiger partial charge on any atom is 0.333 e. The second-order valence-electron chi connectivity index (χ2n) is 3.97. The molecule has 1 aromatic rings. The van der Waals surface area contributed by atoms with Crippen LogP contribution < -0.4 is 5.32 Å². The van der Waals surface area contributed by atoms with Crippen molar-refractivity contribution in [3.8, 4) is 0 Å². The van der Waals surface area contributed by atoms with Crippen molar-refractivity contribution in [1.82, 2.24) is 19.4 Å². The van der Waals surface area contributed by atoms with Gasteiger partial charge in [0.05, 0.1) is 11.9 Å². The molecule has 0 radical (unpaired) electrons. The van der Waals surface area contributed by atoms with Gasteiger partial charge < -0.3 is 5.32 Å². The number of piperazine rings is 1. The minimum absolute atomic E-state index is 0.0384. The number of nitrogens with one attached hydrogen (secondary N) is 1. The minimum atomic E-state index is -3.73. The summed E-state index contributed by atoms with van der Waals surface area (Å²) in [5, 5.41) is 6.45. The van der Waals surface area contributed by atoms with Crippen molar-refractivity contribution in [1.29, 1.82) is 0 Å². The zero-order valence-electron chi connectivity index (χ0n) is 9.81. The number of nitrogens with zero attached hydrogens (tertiary/aromatic N) is 3. The Balaban J connectivity index is 2.35. The number of hydrogen-bond donors (Lipinski definition) is 1. The second-order valence-corrected chi connectivity index (χ2v) is 5.88. The number of halogens is 2. The summed E-state index contributed by atoms with van der Waals surface area (Å²) < 4.78 is 51.3. The lowest BCUT2D eigenvalue weighted by molar-refractivity contribution is 0.0541. The van der Waals surface area contributed by atoms with Crippen LogP contribution in [0.3, 0.4) is 0 Å². The molecule has 0 bridgehead atoms. The summed E-state index contributed by atoms with van der Waals surface area (Å²) in [5.74, 6) is 0. The van der Waals surface area contributed by atoms with Crippen LogP contribution in [0.1, 0.15) is 12.2 Å². The Kier molecular flexibility index (Phi) is 3.64. The first-order valence-corrected chi connectivity index (χ1v) is 6.91. The molecule has 18 heavy (non-hydrogen) atoms. The molecule has 0 aliphatic carbocycles. The van der Waals surface area contributed by atoms with Crippen LogP contribution in [0, 0.1) is 6.92 Å². The van der Waals surface area contributed by atoms with E-state index < -0.39 is 16.6 Å². The van der Waals surface area contributed by atoms with Crippen LogP contribution in [0.15, 0.2) is 11.1 Å². The Hall–Kier alpha value is -1.06. The van der Waals surface area contributed by atoms with Crippen molar-refractivity contribution in [2.75, 3.05) is 26.2 Å². The molecule has 1 fully saturated rings. The first-order chi connectivity index (χ1) is 8.44. The Morgan fingerprint density at radius 2 is 2.00 bits per heavy atom. The van der Waals surface area contributed by atoms with Gasteiger partial charge in [-0.3, -0.25) is 0 Å². The topological polar surface area (TPSA) is 67.2 Å². The van der Waals surface area contributed by atoms with E-state index in [0.717, 1.165) is 6.20 Å². The first kappa shape index (κ1) is 13.4. The third kappa shape index (κ3) is 2.25. The number of rotatable bonds is 3. The average molecular weight is 280 g/mol. The lowest BCUT2D eigenvalue weighted by Gasteiger charge is -2.26. The van der Waals surface area contributed by atoms with E-state index in [9.17, 15) is 17.2 Å². The quantitative estimate of drug-likeness (QED) is 0.857. The molecule has 0 atom stereocenters. The van der Waals surface area contributed by atoms with Gasteiger partial charge in [0.15, 0.2) is 0 Å². The van der Waals surface area contributed by atoms with Crippen molar-refractivity contribution < 1.29 is 17.2 Å². The maximum atomic E-state index is 12.6. The highest BCUT2D eigenvalue weighted by atomic mass is 32.2. The van der Waals surface area contributed by atoms with E-state index in [-0.39, 0.29) is 10.6 Å². The molecule has 0 aromatic carbocycles. The predicted molar refractivity (Wildman–Crippen MR) is 59.8 cm³/mol. The van der Waals surface area contributed by atoms with E-state index in [1.165, 1.54) is 11.2 Å². The van der Waals surface area contributed by atoms with Gasteiger partial charge in [-0.05, 0) is 6.92 Å². The Morgan fingerprint density at radius 3 is 2.50 bits per heavy atom. The molecule has 0 spiro atoms. The third-order valence-corrected chi connectivity index (χ3v) is 4.88. The molecule has 1 aliphatic rings. The van der Waals surface area contributed by atoms with Gasteiger partial charge in [0.25, 0.3) is 0 Å². The van der Waals surface area contributed by atoms with E-state index >= 15 is 0 Å². The van der Waals surface area contributed by atoms with Crippen LogP contribution in [-0.2, 0) is 10.0 Å². The molecule has 6 nitrogen and oxygen atoms in total. The molecule has 1 saturated heterocycles. The molecule has 0 amide bonds. The zero-order valence-corrected chi connectivity index (χ0v) is 10.6. The normalized spacial score (nSPS) is 18.4. The molecule has 2 heterocycles. The van der Waals surface area contributed by atoms with Crippen molar-refractivity contribution in [2.45, 2.75) is 18.4 Å². The second kappa shape index (κ2) is 4.90.